The summed E-state index contributed by atoms with van der Waals surface area (Å²) >= 11 is 0. The van der Waals surface area contributed by atoms with Crippen molar-refractivity contribution in [2.75, 3.05) is 11.9 Å². The monoisotopic (exact) mass is 446 g/mol. The number of rotatable bonds is 8. The topological polar surface area (TPSA) is 99.8 Å². The number of amides is 1. The van der Waals surface area contributed by atoms with Gasteiger partial charge in [0.1, 0.15) is 5.75 Å². The number of nitrogens with zero attached hydrogens (tertiary/aromatic N) is 1. The standard InChI is InChI=1S/C25H22N2O6/c1-17-10-12-18(13-11-17)32-21-8-4-2-6-19(21)26-23(28)16-31-24(29)14-15-27-20-7-3-5-9-22(20)33-25(27)30/h2-13H,14-16H2,1H3,(H,26,28). The zero-order valence-electron chi connectivity index (χ0n) is 17.9. The van der Waals surface area contributed by atoms with E-state index in [0.29, 0.717) is 28.3 Å². The second-order valence-corrected chi connectivity index (χ2v) is 7.36. The number of aryl methyl sites for hydroxylation is 2. The summed E-state index contributed by atoms with van der Waals surface area (Å²) in [5.41, 5.74) is 2.60. The highest BCUT2D eigenvalue weighted by Gasteiger charge is 2.14. The molecule has 1 aromatic heterocycles. The molecule has 4 aromatic rings. The number of carbonyl (C=O) groups excluding carboxylic acids is 2. The van der Waals surface area contributed by atoms with E-state index in [0.717, 1.165) is 5.56 Å². The minimum atomic E-state index is -0.605. The Bertz CT molecular complexity index is 1340. The summed E-state index contributed by atoms with van der Waals surface area (Å²) in [5.74, 6) is -0.560. The molecule has 33 heavy (non-hydrogen) atoms. The largest absolute Gasteiger partial charge is 0.456 e. The number of hydrogen-bond donors (Lipinski definition) is 1. The number of hydrogen-bond acceptors (Lipinski definition) is 6. The summed E-state index contributed by atoms with van der Waals surface area (Å²) in [6.45, 7) is 1.61. The number of fused-ring (bicyclic) bond motifs is 1. The van der Waals surface area contributed by atoms with Crippen molar-refractivity contribution in [1.82, 2.24) is 4.57 Å². The van der Waals surface area contributed by atoms with Crippen LogP contribution >= 0.6 is 0 Å². The summed E-state index contributed by atoms with van der Waals surface area (Å²) in [6.07, 6.45) is -0.0795. The van der Waals surface area contributed by atoms with Crippen LogP contribution in [-0.2, 0) is 20.9 Å². The molecule has 0 saturated carbocycles. The molecule has 4 rings (SSSR count). The molecule has 1 amide bonds. The molecule has 0 aliphatic heterocycles. The molecule has 0 fully saturated rings. The second kappa shape index (κ2) is 9.86. The van der Waals surface area contributed by atoms with Crippen molar-refractivity contribution in [2.45, 2.75) is 19.9 Å². The van der Waals surface area contributed by atoms with Gasteiger partial charge in [0, 0.05) is 6.54 Å². The van der Waals surface area contributed by atoms with Crippen molar-refractivity contribution in [1.29, 1.82) is 0 Å². The third-order valence-corrected chi connectivity index (χ3v) is 4.89. The average Bonchev–Trinajstić information content (AvgIpc) is 3.14. The third-order valence-electron chi connectivity index (χ3n) is 4.89. The van der Waals surface area contributed by atoms with Gasteiger partial charge in [-0.15, -0.1) is 0 Å². The van der Waals surface area contributed by atoms with Crippen LogP contribution in [0.25, 0.3) is 11.1 Å². The molecule has 0 spiro atoms. The molecule has 0 unspecified atom stereocenters. The van der Waals surface area contributed by atoms with Crippen molar-refractivity contribution < 1.29 is 23.5 Å². The fourth-order valence-electron chi connectivity index (χ4n) is 3.23. The van der Waals surface area contributed by atoms with Gasteiger partial charge in [-0.25, -0.2) is 4.79 Å². The normalized spacial score (nSPS) is 10.7. The van der Waals surface area contributed by atoms with E-state index in [9.17, 15) is 14.4 Å². The van der Waals surface area contributed by atoms with Crippen molar-refractivity contribution in [2.24, 2.45) is 0 Å². The maximum absolute atomic E-state index is 12.3. The molecule has 0 radical (unpaired) electrons. The average molecular weight is 446 g/mol. The van der Waals surface area contributed by atoms with Crippen molar-refractivity contribution >= 4 is 28.7 Å². The minimum absolute atomic E-state index is 0.0795. The Morgan fingerprint density at radius 2 is 1.70 bits per heavy atom. The molecule has 8 nitrogen and oxygen atoms in total. The maximum Gasteiger partial charge on any atom is 0.419 e. The van der Waals surface area contributed by atoms with Gasteiger partial charge in [-0.3, -0.25) is 14.2 Å². The van der Waals surface area contributed by atoms with Gasteiger partial charge in [-0.2, -0.15) is 0 Å². The lowest BCUT2D eigenvalue weighted by atomic mass is 10.2. The second-order valence-electron chi connectivity index (χ2n) is 7.36. The number of oxazole rings is 1. The molecule has 8 heteroatoms. The smallest absolute Gasteiger partial charge is 0.419 e. The Kier molecular flexibility index (Phi) is 6.54. The number of esters is 1. The number of ether oxygens (including phenoxy) is 2. The zero-order chi connectivity index (χ0) is 23.2. The summed E-state index contributed by atoms with van der Waals surface area (Å²) in [6, 6.07) is 21.4. The van der Waals surface area contributed by atoms with E-state index >= 15 is 0 Å². The van der Waals surface area contributed by atoms with E-state index in [1.807, 2.05) is 31.2 Å². The summed E-state index contributed by atoms with van der Waals surface area (Å²) in [7, 11) is 0. The van der Waals surface area contributed by atoms with Crippen LogP contribution in [0, 0.1) is 6.92 Å². The number of benzene rings is 3. The number of para-hydroxylation sites is 4. The number of nitrogens with one attached hydrogen (secondary N) is 1. The fourth-order valence-corrected chi connectivity index (χ4v) is 3.23. The lowest BCUT2D eigenvalue weighted by Crippen LogP contribution is -2.22. The Morgan fingerprint density at radius 3 is 2.52 bits per heavy atom. The molecule has 1 N–H and O–H groups in total. The van der Waals surface area contributed by atoms with E-state index < -0.39 is 24.2 Å². The van der Waals surface area contributed by atoms with E-state index in [2.05, 4.69) is 5.32 Å². The Labute approximate surface area is 189 Å². The molecular formula is C25H22N2O6. The quantitative estimate of drug-likeness (QED) is 0.406. The fraction of sp³-hybridized carbons (Fsp3) is 0.160. The molecule has 0 saturated heterocycles. The van der Waals surface area contributed by atoms with Gasteiger partial charge in [0.15, 0.2) is 17.9 Å². The highest BCUT2D eigenvalue weighted by atomic mass is 16.5. The van der Waals surface area contributed by atoms with Gasteiger partial charge in [-0.1, -0.05) is 42.0 Å². The van der Waals surface area contributed by atoms with E-state index in [1.165, 1.54) is 4.57 Å². The first-order valence-electron chi connectivity index (χ1n) is 10.4. The molecule has 0 aliphatic rings. The molecule has 168 valence electrons. The Hall–Kier alpha value is -4.33. The predicted octanol–water partition coefficient (Wildman–Crippen LogP) is 4.27. The molecule has 0 bridgehead atoms. The van der Waals surface area contributed by atoms with Crippen LogP contribution in [0.15, 0.2) is 82.0 Å². The lowest BCUT2D eigenvalue weighted by molar-refractivity contribution is -0.147. The van der Waals surface area contributed by atoms with Crippen molar-refractivity contribution in [3.8, 4) is 11.5 Å². The van der Waals surface area contributed by atoms with Crippen LogP contribution in [0.4, 0.5) is 5.69 Å². The van der Waals surface area contributed by atoms with Crippen LogP contribution in [0.2, 0.25) is 0 Å². The molecule has 1 heterocycles. The first-order valence-corrected chi connectivity index (χ1v) is 10.4. The number of anilines is 1. The van der Waals surface area contributed by atoms with E-state index in [4.69, 9.17) is 13.9 Å². The van der Waals surface area contributed by atoms with Crippen LogP contribution in [-0.4, -0.2) is 23.1 Å². The molecular weight excluding hydrogens is 424 g/mol. The highest BCUT2D eigenvalue weighted by Crippen LogP contribution is 2.29. The van der Waals surface area contributed by atoms with Gasteiger partial charge in [0.2, 0.25) is 0 Å². The third kappa shape index (κ3) is 5.48. The summed E-state index contributed by atoms with van der Waals surface area (Å²) in [4.78, 5) is 36.4. The van der Waals surface area contributed by atoms with Gasteiger partial charge < -0.3 is 19.2 Å². The van der Waals surface area contributed by atoms with Crippen LogP contribution < -0.4 is 15.8 Å². The minimum Gasteiger partial charge on any atom is -0.456 e. The maximum atomic E-state index is 12.3. The molecule has 3 aromatic carbocycles. The van der Waals surface area contributed by atoms with Gasteiger partial charge in [0.05, 0.1) is 17.6 Å². The zero-order valence-corrected chi connectivity index (χ0v) is 17.9. The van der Waals surface area contributed by atoms with Crippen LogP contribution in [0.5, 0.6) is 11.5 Å². The molecule has 0 atom stereocenters. The molecule has 0 aliphatic carbocycles. The van der Waals surface area contributed by atoms with Crippen LogP contribution in [0.3, 0.4) is 0 Å². The first-order chi connectivity index (χ1) is 16.0. The Morgan fingerprint density at radius 1 is 0.970 bits per heavy atom. The summed E-state index contributed by atoms with van der Waals surface area (Å²) in [5, 5.41) is 2.69. The first kappa shape index (κ1) is 21.9. The SMILES string of the molecule is Cc1ccc(Oc2ccccc2NC(=O)COC(=O)CCn2c(=O)oc3ccccc32)cc1. The Balaban J connectivity index is 1.30. The lowest BCUT2D eigenvalue weighted by Gasteiger charge is -2.12. The van der Waals surface area contributed by atoms with Crippen molar-refractivity contribution in [3.05, 3.63) is 88.9 Å². The van der Waals surface area contributed by atoms with Gasteiger partial charge in [0.25, 0.3) is 5.91 Å². The van der Waals surface area contributed by atoms with Crippen LogP contribution in [0.1, 0.15) is 12.0 Å². The predicted molar refractivity (Wildman–Crippen MR) is 122 cm³/mol. The van der Waals surface area contributed by atoms with Gasteiger partial charge >= 0.3 is 11.7 Å². The summed E-state index contributed by atoms with van der Waals surface area (Å²) < 4.78 is 17.4. The number of carbonyl (C=O) groups is 2. The van der Waals surface area contributed by atoms with E-state index in [1.54, 1.807) is 48.5 Å². The van der Waals surface area contributed by atoms with E-state index in [-0.39, 0.29) is 13.0 Å². The number of aromatic nitrogens is 1. The highest BCUT2D eigenvalue weighted by molar-refractivity contribution is 5.94. The van der Waals surface area contributed by atoms with Gasteiger partial charge in [-0.05, 0) is 43.3 Å². The van der Waals surface area contributed by atoms with Crippen molar-refractivity contribution in [3.63, 3.8) is 0 Å².